The van der Waals surface area contributed by atoms with Crippen molar-refractivity contribution in [3.05, 3.63) is 35.5 Å². The Kier molecular flexibility index (Phi) is 5.84. The van der Waals surface area contributed by atoms with Crippen LogP contribution in [0.1, 0.15) is 68.5 Å². The smallest absolute Gasteiger partial charge is 0.359 e. The molecule has 1 aliphatic rings. The quantitative estimate of drug-likeness (QED) is 0.615. The van der Waals surface area contributed by atoms with E-state index in [4.69, 9.17) is 9.84 Å². The van der Waals surface area contributed by atoms with Crippen molar-refractivity contribution < 1.29 is 9.53 Å². The summed E-state index contributed by atoms with van der Waals surface area (Å²) in [6.07, 6.45) is 4.42. The summed E-state index contributed by atoms with van der Waals surface area (Å²) in [5, 5.41) is 4.76. The van der Waals surface area contributed by atoms with Gasteiger partial charge in [-0.05, 0) is 25.8 Å². The third kappa shape index (κ3) is 3.47. The average molecular weight is 359 g/mol. The summed E-state index contributed by atoms with van der Waals surface area (Å²) in [6, 6.07) is 8.73. The van der Waals surface area contributed by atoms with Gasteiger partial charge in [-0.15, -0.1) is 11.8 Å². The molecule has 1 atom stereocenters. The van der Waals surface area contributed by atoms with Crippen LogP contribution in [0.4, 0.5) is 0 Å². The summed E-state index contributed by atoms with van der Waals surface area (Å²) in [5.74, 6) is 0.466. The van der Waals surface area contributed by atoms with Crippen LogP contribution in [0, 0.1) is 0 Å². The van der Waals surface area contributed by atoms with E-state index in [-0.39, 0.29) is 5.97 Å². The summed E-state index contributed by atoms with van der Waals surface area (Å²) < 4.78 is 7.37. The van der Waals surface area contributed by atoms with Gasteiger partial charge in [0.2, 0.25) is 0 Å². The number of unbranched alkanes of at least 4 members (excludes halogenated alkanes) is 1. The molecule has 25 heavy (non-hydrogen) atoms. The second kappa shape index (κ2) is 8.09. The number of carbonyl (C=O) groups excluding carboxylic acids is 1. The number of thioether (sulfide) groups is 1. The van der Waals surface area contributed by atoms with E-state index >= 15 is 0 Å². The van der Waals surface area contributed by atoms with Gasteiger partial charge in [-0.25, -0.2) is 4.79 Å². The first-order chi connectivity index (χ1) is 12.2. The molecular weight excluding hydrogens is 332 g/mol. The zero-order valence-electron chi connectivity index (χ0n) is 15.2. The van der Waals surface area contributed by atoms with Crippen molar-refractivity contribution in [1.82, 2.24) is 9.78 Å². The summed E-state index contributed by atoms with van der Waals surface area (Å²) in [4.78, 5) is 13.7. The monoisotopic (exact) mass is 358 g/mol. The van der Waals surface area contributed by atoms with Crippen LogP contribution < -0.4 is 0 Å². The van der Waals surface area contributed by atoms with Gasteiger partial charge in [0.05, 0.1) is 18.3 Å². The number of carbonyl (C=O) groups is 1. The number of hydrogen-bond acceptors (Lipinski definition) is 4. The fraction of sp³-hybridized carbons (Fsp3) is 0.500. The molecule has 1 unspecified atom stereocenters. The van der Waals surface area contributed by atoms with Crippen LogP contribution in [0.5, 0.6) is 0 Å². The molecule has 4 nitrogen and oxygen atoms in total. The summed E-state index contributed by atoms with van der Waals surface area (Å²) >= 11 is 1.77. The average Bonchev–Trinajstić information content (AvgIpc) is 3.03. The van der Waals surface area contributed by atoms with E-state index in [2.05, 4.69) is 42.8 Å². The summed E-state index contributed by atoms with van der Waals surface area (Å²) in [6.45, 7) is 6.61. The Morgan fingerprint density at radius 3 is 2.84 bits per heavy atom. The second-order valence-electron chi connectivity index (χ2n) is 6.33. The Labute approximate surface area is 154 Å². The SMILES string of the molecule is CCCCC(CC)n1nc(C(=O)OCC)c2c1-c1ccccc1SC2. The highest BCUT2D eigenvalue weighted by Crippen LogP contribution is 2.44. The first-order valence-corrected chi connectivity index (χ1v) is 10.2. The third-order valence-electron chi connectivity index (χ3n) is 4.70. The number of nitrogens with zero attached hydrogens (tertiary/aromatic N) is 2. The van der Waals surface area contributed by atoms with Crippen molar-refractivity contribution in [2.24, 2.45) is 0 Å². The maximum atomic E-state index is 12.5. The van der Waals surface area contributed by atoms with Gasteiger partial charge in [0.15, 0.2) is 5.69 Å². The predicted molar refractivity (Wildman–Crippen MR) is 102 cm³/mol. The molecule has 5 heteroatoms. The highest BCUT2D eigenvalue weighted by Gasteiger charge is 2.31. The molecule has 1 aromatic heterocycles. The molecule has 0 N–H and O–H groups in total. The van der Waals surface area contributed by atoms with Gasteiger partial charge < -0.3 is 4.74 Å². The number of fused-ring (bicyclic) bond motifs is 3. The van der Waals surface area contributed by atoms with Crippen LogP contribution in [0.3, 0.4) is 0 Å². The molecule has 0 fully saturated rings. The van der Waals surface area contributed by atoms with Gasteiger partial charge >= 0.3 is 5.97 Å². The lowest BCUT2D eigenvalue weighted by molar-refractivity contribution is 0.0517. The Morgan fingerprint density at radius 2 is 2.12 bits per heavy atom. The highest BCUT2D eigenvalue weighted by atomic mass is 32.2. The van der Waals surface area contributed by atoms with Crippen molar-refractivity contribution in [3.63, 3.8) is 0 Å². The number of aromatic nitrogens is 2. The van der Waals surface area contributed by atoms with E-state index in [0.717, 1.165) is 42.7 Å². The van der Waals surface area contributed by atoms with Gasteiger partial charge in [0, 0.05) is 21.8 Å². The lowest BCUT2D eigenvalue weighted by atomic mass is 10.0. The van der Waals surface area contributed by atoms with Crippen LogP contribution in [-0.2, 0) is 10.5 Å². The van der Waals surface area contributed by atoms with E-state index in [9.17, 15) is 4.79 Å². The molecule has 0 saturated carbocycles. The largest absolute Gasteiger partial charge is 0.461 e. The highest BCUT2D eigenvalue weighted by molar-refractivity contribution is 7.98. The van der Waals surface area contributed by atoms with E-state index in [0.29, 0.717) is 18.3 Å². The lowest BCUT2D eigenvalue weighted by Crippen LogP contribution is -2.13. The predicted octanol–water partition coefficient (Wildman–Crippen LogP) is 5.47. The number of hydrogen-bond donors (Lipinski definition) is 0. The fourth-order valence-corrected chi connectivity index (χ4v) is 4.46. The van der Waals surface area contributed by atoms with Gasteiger partial charge in [0.25, 0.3) is 0 Å². The Hall–Kier alpha value is -1.75. The van der Waals surface area contributed by atoms with Gasteiger partial charge in [-0.1, -0.05) is 44.9 Å². The molecule has 3 rings (SSSR count). The van der Waals surface area contributed by atoms with Crippen molar-refractivity contribution in [2.45, 2.75) is 63.1 Å². The van der Waals surface area contributed by atoms with Crippen LogP contribution in [0.25, 0.3) is 11.3 Å². The first-order valence-electron chi connectivity index (χ1n) is 9.21. The molecular formula is C20H26N2O2S. The van der Waals surface area contributed by atoms with E-state index in [1.165, 1.54) is 10.5 Å². The summed E-state index contributed by atoms with van der Waals surface area (Å²) in [5.41, 5.74) is 3.82. The van der Waals surface area contributed by atoms with Gasteiger partial charge in [-0.2, -0.15) is 5.10 Å². The van der Waals surface area contributed by atoms with Gasteiger partial charge in [-0.3, -0.25) is 4.68 Å². The van der Waals surface area contributed by atoms with Crippen LogP contribution in [-0.4, -0.2) is 22.4 Å². The van der Waals surface area contributed by atoms with Crippen molar-refractivity contribution in [2.75, 3.05) is 6.61 Å². The van der Waals surface area contributed by atoms with Crippen molar-refractivity contribution >= 4 is 17.7 Å². The Morgan fingerprint density at radius 1 is 1.32 bits per heavy atom. The molecule has 2 aromatic rings. The fourth-order valence-electron chi connectivity index (χ4n) is 3.40. The van der Waals surface area contributed by atoms with E-state index in [1.54, 1.807) is 11.8 Å². The minimum absolute atomic E-state index is 0.303. The first kappa shape index (κ1) is 18.1. The maximum Gasteiger partial charge on any atom is 0.359 e. The molecule has 0 aliphatic carbocycles. The Balaban J connectivity index is 2.13. The standard InChI is InChI=1S/C20H26N2O2S/c1-4-7-10-14(5-2)22-19-15-11-8-9-12-17(15)25-13-16(19)18(21-22)20(23)24-6-3/h8-9,11-12,14H,4-7,10,13H2,1-3H3. The molecule has 0 amide bonds. The van der Waals surface area contributed by atoms with Gasteiger partial charge in [0.1, 0.15) is 0 Å². The minimum atomic E-state index is -0.303. The van der Waals surface area contributed by atoms with Crippen LogP contribution in [0.15, 0.2) is 29.2 Å². The second-order valence-corrected chi connectivity index (χ2v) is 7.35. The van der Waals surface area contributed by atoms with E-state index < -0.39 is 0 Å². The van der Waals surface area contributed by atoms with Crippen LogP contribution in [0.2, 0.25) is 0 Å². The summed E-state index contributed by atoms with van der Waals surface area (Å²) in [7, 11) is 0. The molecule has 0 radical (unpaired) electrons. The lowest BCUT2D eigenvalue weighted by Gasteiger charge is -2.22. The molecule has 0 spiro atoms. The topological polar surface area (TPSA) is 44.1 Å². The molecule has 1 aromatic carbocycles. The van der Waals surface area contributed by atoms with Crippen molar-refractivity contribution in [3.8, 4) is 11.3 Å². The molecule has 0 saturated heterocycles. The minimum Gasteiger partial charge on any atom is -0.461 e. The van der Waals surface area contributed by atoms with Crippen molar-refractivity contribution in [1.29, 1.82) is 0 Å². The zero-order chi connectivity index (χ0) is 17.8. The van der Waals surface area contributed by atoms with Crippen LogP contribution >= 0.6 is 11.8 Å². The number of benzene rings is 1. The number of esters is 1. The maximum absolute atomic E-state index is 12.5. The number of ether oxygens (including phenoxy) is 1. The van der Waals surface area contributed by atoms with E-state index in [1.807, 2.05) is 6.92 Å². The zero-order valence-corrected chi connectivity index (χ0v) is 16.1. The molecule has 2 heterocycles. The molecule has 134 valence electrons. The molecule has 1 aliphatic heterocycles. The third-order valence-corrected chi connectivity index (χ3v) is 5.80. The number of rotatable bonds is 7. The normalized spacial score (nSPS) is 13.9. The Bertz CT molecular complexity index is 754. The molecule has 0 bridgehead atoms.